The SMILES string of the molecule is Cc1ccc(C(=O)CCC(=O)N(C)Cc2c(C)nn(-c3ccccc3C)c2C)cc1. The molecule has 0 bridgehead atoms. The van der Waals surface area contributed by atoms with Gasteiger partial charge in [0.1, 0.15) is 0 Å². The molecule has 0 aliphatic carbocycles. The Bertz CT molecular complexity index is 1060. The van der Waals surface area contributed by atoms with Crippen LogP contribution in [-0.4, -0.2) is 33.4 Å². The van der Waals surface area contributed by atoms with Gasteiger partial charge in [-0.15, -0.1) is 0 Å². The summed E-state index contributed by atoms with van der Waals surface area (Å²) >= 11 is 0. The van der Waals surface area contributed by atoms with Crippen molar-refractivity contribution >= 4 is 11.7 Å². The standard InChI is InChI=1S/C25H29N3O2/c1-17-10-12-21(13-11-17)24(29)14-15-25(30)27(5)16-22-19(3)26-28(20(22)4)23-9-7-6-8-18(23)2/h6-13H,14-16H2,1-5H3. The summed E-state index contributed by atoms with van der Waals surface area (Å²) in [7, 11) is 1.78. The molecule has 30 heavy (non-hydrogen) atoms. The number of rotatable bonds is 7. The molecule has 3 aromatic rings. The monoisotopic (exact) mass is 403 g/mol. The maximum absolute atomic E-state index is 12.6. The van der Waals surface area contributed by atoms with Crippen LogP contribution in [0.1, 0.15) is 51.3 Å². The minimum atomic E-state index is -0.0436. The van der Waals surface area contributed by atoms with Crippen LogP contribution in [0.5, 0.6) is 0 Å². The summed E-state index contributed by atoms with van der Waals surface area (Å²) < 4.78 is 1.94. The molecule has 0 fully saturated rings. The van der Waals surface area contributed by atoms with Gasteiger partial charge in [-0.05, 0) is 39.3 Å². The van der Waals surface area contributed by atoms with Crippen LogP contribution in [0.3, 0.4) is 0 Å². The second kappa shape index (κ2) is 9.08. The third-order valence-corrected chi connectivity index (χ3v) is 5.55. The highest BCUT2D eigenvalue weighted by atomic mass is 16.2. The highest BCUT2D eigenvalue weighted by Crippen LogP contribution is 2.21. The van der Waals surface area contributed by atoms with E-state index in [0.717, 1.165) is 33.8 Å². The first-order valence-electron chi connectivity index (χ1n) is 10.2. The predicted molar refractivity (Wildman–Crippen MR) is 119 cm³/mol. The van der Waals surface area contributed by atoms with Gasteiger partial charge < -0.3 is 4.90 Å². The van der Waals surface area contributed by atoms with Crippen LogP contribution in [0.25, 0.3) is 5.69 Å². The van der Waals surface area contributed by atoms with E-state index >= 15 is 0 Å². The molecular formula is C25H29N3O2. The van der Waals surface area contributed by atoms with E-state index in [9.17, 15) is 9.59 Å². The largest absolute Gasteiger partial charge is 0.341 e. The number of Topliss-reactive ketones (excluding diaryl/α,β-unsaturated/α-hetero) is 1. The lowest BCUT2D eigenvalue weighted by molar-refractivity contribution is -0.130. The summed E-state index contributed by atoms with van der Waals surface area (Å²) in [6.07, 6.45) is 0.417. The van der Waals surface area contributed by atoms with E-state index in [1.807, 2.05) is 67.9 Å². The van der Waals surface area contributed by atoms with E-state index in [2.05, 4.69) is 13.0 Å². The zero-order valence-corrected chi connectivity index (χ0v) is 18.4. The molecule has 0 N–H and O–H groups in total. The van der Waals surface area contributed by atoms with Crippen molar-refractivity contribution in [2.75, 3.05) is 7.05 Å². The summed E-state index contributed by atoms with van der Waals surface area (Å²) in [5.74, 6) is -0.0469. The Labute approximate surface area is 178 Å². The molecule has 1 heterocycles. The number of hydrogen-bond acceptors (Lipinski definition) is 3. The fraction of sp³-hybridized carbons (Fsp3) is 0.320. The van der Waals surface area contributed by atoms with Crippen LogP contribution < -0.4 is 0 Å². The second-order valence-corrected chi connectivity index (χ2v) is 7.89. The number of nitrogens with zero attached hydrogens (tertiary/aromatic N) is 3. The van der Waals surface area contributed by atoms with E-state index in [1.54, 1.807) is 11.9 Å². The van der Waals surface area contributed by atoms with Crippen molar-refractivity contribution < 1.29 is 9.59 Å². The quantitative estimate of drug-likeness (QED) is 0.536. The summed E-state index contributed by atoms with van der Waals surface area (Å²) in [4.78, 5) is 26.7. The van der Waals surface area contributed by atoms with Gasteiger partial charge in [0.2, 0.25) is 5.91 Å². The van der Waals surface area contributed by atoms with Crippen molar-refractivity contribution in [1.29, 1.82) is 0 Å². The predicted octanol–water partition coefficient (Wildman–Crippen LogP) is 4.73. The number of aryl methyl sites for hydroxylation is 3. The van der Waals surface area contributed by atoms with E-state index in [4.69, 9.17) is 5.10 Å². The van der Waals surface area contributed by atoms with Crippen LogP contribution >= 0.6 is 0 Å². The first-order valence-corrected chi connectivity index (χ1v) is 10.2. The average molecular weight is 404 g/mol. The molecule has 0 aliphatic heterocycles. The molecule has 0 unspecified atom stereocenters. The summed E-state index contributed by atoms with van der Waals surface area (Å²) in [6.45, 7) is 8.52. The third-order valence-electron chi connectivity index (χ3n) is 5.55. The van der Waals surface area contributed by atoms with Crippen molar-refractivity contribution in [2.24, 2.45) is 0 Å². The number of carbonyl (C=O) groups is 2. The van der Waals surface area contributed by atoms with Gasteiger partial charge in [-0.25, -0.2) is 4.68 Å². The molecule has 5 nitrogen and oxygen atoms in total. The fourth-order valence-corrected chi connectivity index (χ4v) is 3.56. The molecule has 5 heteroatoms. The van der Waals surface area contributed by atoms with Gasteiger partial charge in [-0.2, -0.15) is 5.10 Å². The molecule has 3 rings (SSSR count). The lowest BCUT2D eigenvalue weighted by Crippen LogP contribution is -2.27. The lowest BCUT2D eigenvalue weighted by Gasteiger charge is -2.17. The van der Waals surface area contributed by atoms with E-state index in [1.165, 1.54) is 0 Å². The Morgan fingerprint density at radius 2 is 1.60 bits per heavy atom. The molecule has 0 spiro atoms. The number of aromatic nitrogens is 2. The van der Waals surface area contributed by atoms with Crippen LogP contribution in [0.2, 0.25) is 0 Å². The van der Waals surface area contributed by atoms with Gasteiger partial charge in [0.05, 0.1) is 11.4 Å². The lowest BCUT2D eigenvalue weighted by atomic mass is 10.0. The molecule has 0 atom stereocenters. The van der Waals surface area contributed by atoms with Gasteiger partial charge in [-0.3, -0.25) is 9.59 Å². The zero-order chi connectivity index (χ0) is 21.8. The second-order valence-electron chi connectivity index (χ2n) is 7.89. The van der Waals surface area contributed by atoms with Crippen molar-refractivity contribution in [3.8, 4) is 5.69 Å². The average Bonchev–Trinajstić information content (AvgIpc) is 3.00. The maximum Gasteiger partial charge on any atom is 0.223 e. The van der Waals surface area contributed by atoms with Crippen LogP contribution in [-0.2, 0) is 11.3 Å². The Morgan fingerprint density at radius 1 is 0.933 bits per heavy atom. The molecule has 1 aromatic heterocycles. The molecule has 0 radical (unpaired) electrons. The van der Waals surface area contributed by atoms with Gasteiger partial charge >= 0.3 is 0 Å². The van der Waals surface area contributed by atoms with Gasteiger partial charge in [0.15, 0.2) is 5.78 Å². The highest BCUT2D eigenvalue weighted by Gasteiger charge is 2.18. The molecule has 1 amide bonds. The number of benzene rings is 2. The molecule has 2 aromatic carbocycles. The zero-order valence-electron chi connectivity index (χ0n) is 18.4. The first-order chi connectivity index (χ1) is 14.3. The normalized spacial score (nSPS) is 10.8. The van der Waals surface area contributed by atoms with Crippen molar-refractivity contribution in [1.82, 2.24) is 14.7 Å². The summed E-state index contributed by atoms with van der Waals surface area (Å²) in [5, 5.41) is 4.70. The number of amides is 1. The summed E-state index contributed by atoms with van der Waals surface area (Å²) in [5.41, 5.74) is 6.93. The molecule has 0 saturated carbocycles. The van der Waals surface area contributed by atoms with E-state index < -0.39 is 0 Å². The minimum Gasteiger partial charge on any atom is -0.341 e. The maximum atomic E-state index is 12.6. The number of carbonyl (C=O) groups excluding carboxylic acids is 2. The first kappa shape index (κ1) is 21.5. The number of ketones is 1. The highest BCUT2D eigenvalue weighted by molar-refractivity contribution is 5.97. The Morgan fingerprint density at radius 3 is 2.27 bits per heavy atom. The Balaban J connectivity index is 1.66. The topological polar surface area (TPSA) is 55.2 Å². The molecule has 156 valence electrons. The minimum absolute atomic E-state index is 0.00326. The smallest absolute Gasteiger partial charge is 0.223 e. The Kier molecular flexibility index (Phi) is 6.50. The van der Waals surface area contributed by atoms with Crippen molar-refractivity contribution in [3.05, 3.63) is 82.2 Å². The third kappa shape index (κ3) is 4.67. The van der Waals surface area contributed by atoms with E-state index in [0.29, 0.717) is 12.1 Å². The van der Waals surface area contributed by atoms with E-state index in [-0.39, 0.29) is 24.5 Å². The number of hydrogen-bond donors (Lipinski definition) is 0. The molecule has 0 aliphatic rings. The van der Waals surface area contributed by atoms with Crippen LogP contribution in [0, 0.1) is 27.7 Å². The van der Waals surface area contributed by atoms with Crippen molar-refractivity contribution in [3.63, 3.8) is 0 Å². The molecule has 0 saturated heterocycles. The number of para-hydroxylation sites is 1. The van der Waals surface area contributed by atoms with Crippen LogP contribution in [0.4, 0.5) is 0 Å². The fourth-order valence-electron chi connectivity index (χ4n) is 3.56. The van der Waals surface area contributed by atoms with Gasteiger partial charge in [0.25, 0.3) is 0 Å². The Hall–Kier alpha value is -3.21. The van der Waals surface area contributed by atoms with Crippen LogP contribution in [0.15, 0.2) is 48.5 Å². The summed E-state index contributed by atoms with van der Waals surface area (Å²) in [6, 6.07) is 15.6. The van der Waals surface area contributed by atoms with Gasteiger partial charge in [0, 0.05) is 43.3 Å². The van der Waals surface area contributed by atoms with Gasteiger partial charge in [-0.1, -0.05) is 48.0 Å². The molecular weight excluding hydrogens is 374 g/mol. The van der Waals surface area contributed by atoms with Crippen molar-refractivity contribution in [2.45, 2.75) is 47.1 Å².